The van der Waals surface area contributed by atoms with Crippen LogP contribution < -0.4 is 15.8 Å². The summed E-state index contributed by atoms with van der Waals surface area (Å²) in [4.78, 5) is 23.5. The van der Waals surface area contributed by atoms with Gasteiger partial charge in [-0.2, -0.15) is 0 Å². The SMILES string of the molecule is COc1ccc(C(=O)OCC(=O)Nc2ccccc2)cc1N. The number of amides is 1. The zero-order valence-corrected chi connectivity index (χ0v) is 12.0. The molecule has 0 aliphatic rings. The van der Waals surface area contributed by atoms with Gasteiger partial charge < -0.3 is 20.5 Å². The fourth-order valence-electron chi connectivity index (χ4n) is 1.79. The topological polar surface area (TPSA) is 90.6 Å². The lowest BCUT2D eigenvalue weighted by molar-refractivity contribution is -0.119. The molecule has 0 heterocycles. The zero-order chi connectivity index (χ0) is 15.9. The van der Waals surface area contributed by atoms with E-state index in [0.717, 1.165) is 0 Å². The first-order chi connectivity index (χ1) is 10.6. The van der Waals surface area contributed by atoms with Crippen molar-refractivity contribution in [2.75, 3.05) is 24.8 Å². The van der Waals surface area contributed by atoms with Crippen molar-refractivity contribution in [3.63, 3.8) is 0 Å². The number of carbonyl (C=O) groups excluding carboxylic acids is 2. The predicted octanol–water partition coefficient (Wildman–Crippen LogP) is 2.07. The third-order valence-corrected chi connectivity index (χ3v) is 2.86. The van der Waals surface area contributed by atoms with E-state index in [1.807, 2.05) is 6.07 Å². The van der Waals surface area contributed by atoms with E-state index in [9.17, 15) is 9.59 Å². The molecule has 0 fully saturated rings. The molecule has 0 unspecified atom stereocenters. The van der Waals surface area contributed by atoms with Gasteiger partial charge in [0.05, 0.1) is 18.4 Å². The summed E-state index contributed by atoms with van der Waals surface area (Å²) in [6.45, 7) is -0.375. The molecule has 0 aliphatic carbocycles. The van der Waals surface area contributed by atoms with Crippen LogP contribution >= 0.6 is 0 Å². The van der Waals surface area contributed by atoms with Gasteiger partial charge in [0.2, 0.25) is 0 Å². The van der Waals surface area contributed by atoms with Gasteiger partial charge in [-0.05, 0) is 30.3 Å². The smallest absolute Gasteiger partial charge is 0.338 e. The number of para-hydroxylation sites is 1. The van der Waals surface area contributed by atoms with E-state index in [1.165, 1.54) is 19.2 Å². The quantitative estimate of drug-likeness (QED) is 0.651. The molecule has 0 spiro atoms. The molecule has 2 aromatic carbocycles. The third kappa shape index (κ3) is 3.99. The Labute approximate surface area is 127 Å². The number of nitrogens with two attached hydrogens (primary N) is 1. The summed E-state index contributed by atoms with van der Waals surface area (Å²) >= 11 is 0. The van der Waals surface area contributed by atoms with E-state index in [4.69, 9.17) is 15.2 Å². The summed E-state index contributed by atoms with van der Waals surface area (Å²) < 4.78 is 9.95. The predicted molar refractivity (Wildman–Crippen MR) is 82.8 cm³/mol. The fourth-order valence-corrected chi connectivity index (χ4v) is 1.79. The molecule has 2 aromatic rings. The Balaban J connectivity index is 1.89. The first-order valence-corrected chi connectivity index (χ1v) is 6.55. The molecule has 114 valence electrons. The number of carbonyl (C=O) groups is 2. The minimum atomic E-state index is -0.627. The minimum absolute atomic E-state index is 0.255. The maximum absolute atomic E-state index is 11.9. The Kier molecular flexibility index (Phi) is 4.98. The summed E-state index contributed by atoms with van der Waals surface area (Å²) in [6.07, 6.45) is 0. The first kappa shape index (κ1) is 15.4. The molecule has 0 aliphatic heterocycles. The van der Waals surface area contributed by atoms with E-state index in [-0.39, 0.29) is 12.2 Å². The molecule has 0 saturated carbocycles. The van der Waals surface area contributed by atoms with E-state index in [1.54, 1.807) is 30.3 Å². The number of nitrogen functional groups attached to an aromatic ring is 1. The molecule has 6 nitrogen and oxygen atoms in total. The van der Waals surface area contributed by atoms with Gasteiger partial charge in [0, 0.05) is 5.69 Å². The van der Waals surface area contributed by atoms with Crippen LogP contribution in [0.1, 0.15) is 10.4 Å². The standard InChI is InChI=1S/C16H16N2O4/c1-21-14-8-7-11(9-13(14)17)16(20)22-10-15(19)18-12-5-3-2-4-6-12/h2-9H,10,17H2,1H3,(H,18,19). The van der Waals surface area contributed by atoms with Crippen LogP contribution in [0, 0.1) is 0 Å². The van der Waals surface area contributed by atoms with Crippen molar-refractivity contribution in [2.24, 2.45) is 0 Å². The number of anilines is 2. The van der Waals surface area contributed by atoms with Crippen molar-refractivity contribution >= 4 is 23.3 Å². The van der Waals surface area contributed by atoms with Crippen molar-refractivity contribution in [1.29, 1.82) is 0 Å². The number of nitrogens with one attached hydrogen (secondary N) is 1. The van der Waals surface area contributed by atoms with E-state index >= 15 is 0 Å². The van der Waals surface area contributed by atoms with Crippen molar-refractivity contribution in [3.8, 4) is 5.75 Å². The molecule has 6 heteroatoms. The lowest BCUT2D eigenvalue weighted by Crippen LogP contribution is -2.20. The van der Waals surface area contributed by atoms with Crippen LogP contribution in [0.25, 0.3) is 0 Å². The molecule has 0 radical (unpaired) electrons. The highest BCUT2D eigenvalue weighted by Gasteiger charge is 2.12. The first-order valence-electron chi connectivity index (χ1n) is 6.55. The Morgan fingerprint density at radius 2 is 1.86 bits per heavy atom. The van der Waals surface area contributed by atoms with Gasteiger partial charge in [-0.3, -0.25) is 4.79 Å². The summed E-state index contributed by atoms with van der Waals surface area (Å²) in [5.74, 6) is -0.572. The average molecular weight is 300 g/mol. The van der Waals surface area contributed by atoms with Gasteiger partial charge in [0.15, 0.2) is 6.61 Å². The van der Waals surface area contributed by atoms with Crippen LogP contribution in [-0.2, 0) is 9.53 Å². The summed E-state index contributed by atoms with van der Waals surface area (Å²) in [5.41, 5.74) is 6.93. The number of hydrogen-bond donors (Lipinski definition) is 2. The monoisotopic (exact) mass is 300 g/mol. The second-order valence-electron chi connectivity index (χ2n) is 4.45. The van der Waals surface area contributed by atoms with Crippen LogP contribution in [0.2, 0.25) is 0 Å². The van der Waals surface area contributed by atoms with Gasteiger partial charge in [-0.25, -0.2) is 4.79 Å². The number of hydrogen-bond acceptors (Lipinski definition) is 5. The lowest BCUT2D eigenvalue weighted by atomic mass is 10.2. The molecule has 0 saturated heterocycles. The average Bonchev–Trinajstić information content (AvgIpc) is 2.53. The third-order valence-electron chi connectivity index (χ3n) is 2.86. The van der Waals surface area contributed by atoms with Crippen LogP contribution in [0.5, 0.6) is 5.75 Å². The Hall–Kier alpha value is -3.02. The Morgan fingerprint density at radius 1 is 1.14 bits per heavy atom. The normalized spacial score (nSPS) is 9.86. The molecule has 1 amide bonds. The molecule has 22 heavy (non-hydrogen) atoms. The van der Waals surface area contributed by atoms with Gasteiger partial charge in [-0.15, -0.1) is 0 Å². The van der Waals surface area contributed by atoms with E-state index in [2.05, 4.69) is 5.32 Å². The largest absolute Gasteiger partial charge is 0.495 e. The van der Waals surface area contributed by atoms with Crippen molar-refractivity contribution < 1.29 is 19.1 Å². The molecule has 3 N–H and O–H groups in total. The van der Waals surface area contributed by atoms with Gasteiger partial charge in [0.25, 0.3) is 5.91 Å². The maximum Gasteiger partial charge on any atom is 0.338 e. The zero-order valence-electron chi connectivity index (χ0n) is 12.0. The molecule has 0 aromatic heterocycles. The van der Waals surface area contributed by atoms with Crippen molar-refractivity contribution in [2.45, 2.75) is 0 Å². The van der Waals surface area contributed by atoms with E-state index < -0.39 is 11.9 Å². The number of rotatable bonds is 5. The van der Waals surface area contributed by atoms with Crippen LogP contribution in [-0.4, -0.2) is 25.6 Å². The van der Waals surface area contributed by atoms with Crippen molar-refractivity contribution in [1.82, 2.24) is 0 Å². The van der Waals surface area contributed by atoms with Crippen LogP contribution in [0.15, 0.2) is 48.5 Å². The minimum Gasteiger partial charge on any atom is -0.495 e. The second-order valence-corrected chi connectivity index (χ2v) is 4.45. The Morgan fingerprint density at radius 3 is 2.50 bits per heavy atom. The Bertz CT molecular complexity index is 671. The summed E-state index contributed by atoms with van der Waals surface area (Å²) in [5, 5.41) is 2.62. The van der Waals surface area contributed by atoms with Crippen LogP contribution in [0.3, 0.4) is 0 Å². The number of ether oxygens (including phenoxy) is 2. The van der Waals surface area contributed by atoms with Gasteiger partial charge in [0.1, 0.15) is 5.75 Å². The lowest BCUT2D eigenvalue weighted by Gasteiger charge is -2.08. The summed E-state index contributed by atoms with van der Waals surface area (Å²) in [7, 11) is 1.48. The van der Waals surface area contributed by atoms with Gasteiger partial charge in [-0.1, -0.05) is 18.2 Å². The highest BCUT2D eigenvalue weighted by atomic mass is 16.5. The number of esters is 1. The van der Waals surface area contributed by atoms with E-state index in [0.29, 0.717) is 17.1 Å². The maximum atomic E-state index is 11.9. The second kappa shape index (κ2) is 7.12. The van der Waals surface area contributed by atoms with Gasteiger partial charge >= 0.3 is 5.97 Å². The molecular weight excluding hydrogens is 284 g/mol. The number of benzene rings is 2. The number of methoxy groups -OCH3 is 1. The molecule has 0 atom stereocenters. The molecular formula is C16H16N2O4. The van der Waals surface area contributed by atoms with Crippen molar-refractivity contribution in [3.05, 3.63) is 54.1 Å². The highest BCUT2D eigenvalue weighted by molar-refractivity contribution is 5.96. The summed E-state index contributed by atoms with van der Waals surface area (Å²) in [6, 6.07) is 13.4. The highest BCUT2D eigenvalue weighted by Crippen LogP contribution is 2.22. The molecule has 2 rings (SSSR count). The fraction of sp³-hybridized carbons (Fsp3) is 0.125. The van der Waals surface area contributed by atoms with Crippen LogP contribution in [0.4, 0.5) is 11.4 Å². The molecule has 0 bridgehead atoms.